The van der Waals surface area contributed by atoms with Gasteiger partial charge in [-0.25, -0.2) is 4.79 Å². The lowest BCUT2D eigenvalue weighted by molar-refractivity contribution is -0.138. The molecule has 0 aromatic rings. The van der Waals surface area contributed by atoms with Crippen molar-refractivity contribution in [2.24, 2.45) is 11.3 Å². The van der Waals surface area contributed by atoms with Crippen LogP contribution >= 0.6 is 0 Å². The molecule has 2 N–H and O–H groups in total. The Morgan fingerprint density at radius 1 is 1.25 bits per heavy atom. The smallest absolute Gasteiger partial charge is 0.317 e. The van der Waals surface area contributed by atoms with Crippen LogP contribution in [-0.4, -0.2) is 41.1 Å². The molecule has 1 atom stereocenters. The van der Waals surface area contributed by atoms with Crippen molar-refractivity contribution in [2.45, 2.75) is 58.4 Å². The van der Waals surface area contributed by atoms with Gasteiger partial charge in [-0.15, -0.1) is 0 Å². The maximum atomic E-state index is 12.2. The summed E-state index contributed by atoms with van der Waals surface area (Å²) in [6.07, 6.45) is 5.37. The van der Waals surface area contributed by atoms with Gasteiger partial charge in [0, 0.05) is 25.6 Å². The molecule has 1 heterocycles. The highest BCUT2D eigenvalue weighted by molar-refractivity contribution is 5.75. The first kappa shape index (κ1) is 15.1. The van der Waals surface area contributed by atoms with Crippen molar-refractivity contribution in [1.29, 1.82) is 0 Å². The molecule has 2 fully saturated rings. The molecular formula is C15H26N2O3. The summed E-state index contributed by atoms with van der Waals surface area (Å²) in [6, 6.07) is 0.275. The molecule has 0 bridgehead atoms. The summed E-state index contributed by atoms with van der Waals surface area (Å²) in [5, 5.41) is 11.9. The van der Waals surface area contributed by atoms with Crippen molar-refractivity contribution in [3.8, 4) is 0 Å². The minimum absolute atomic E-state index is 0.0115. The van der Waals surface area contributed by atoms with E-state index >= 15 is 0 Å². The SMILES string of the molecule is CC1(C)CCC(NC(=O)N2CCC(CC(=O)O)C2)CC1. The molecule has 0 aromatic carbocycles. The minimum atomic E-state index is -0.772. The predicted molar refractivity (Wildman–Crippen MR) is 76.5 cm³/mol. The van der Waals surface area contributed by atoms with Crippen LogP contribution in [-0.2, 0) is 4.79 Å². The van der Waals surface area contributed by atoms with E-state index in [1.807, 2.05) is 0 Å². The fraction of sp³-hybridized carbons (Fsp3) is 0.867. The van der Waals surface area contributed by atoms with Gasteiger partial charge in [0.1, 0.15) is 0 Å². The van der Waals surface area contributed by atoms with Crippen molar-refractivity contribution in [3.63, 3.8) is 0 Å². The van der Waals surface area contributed by atoms with Crippen molar-refractivity contribution >= 4 is 12.0 Å². The summed E-state index contributed by atoms with van der Waals surface area (Å²) in [5.74, 6) is -0.657. The second kappa shape index (κ2) is 6.02. The van der Waals surface area contributed by atoms with Gasteiger partial charge in [0.25, 0.3) is 0 Å². The fourth-order valence-electron chi connectivity index (χ4n) is 3.24. The molecule has 1 aliphatic heterocycles. The summed E-state index contributed by atoms with van der Waals surface area (Å²) in [5.41, 5.74) is 0.404. The highest BCUT2D eigenvalue weighted by Gasteiger charge is 2.31. The molecule has 2 aliphatic rings. The Morgan fingerprint density at radius 2 is 1.90 bits per heavy atom. The monoisotopic (exact) mass is 282 g/mol. The Balaban J connectivity index is 1.75. The van der Waals surface area contributed by atoms with Gasteiger partial charge in [0.05, 0.1) is 0 Å². The van der Waals surface area contributed by atoms with E-state index in [9.17, 15) is 9.59 Å². The zero-order valence-electron chi connectivity index (χ0n) is 12.5. The maximum absolute atomic E-state index is 12.2. The van der Waals surface area contributed by atoms with Gasteiger partial charge in [0.15, 0.2) is 0 Å². The number of rotatable bonds is 3. The normalized spacial score (nSPS) is 26.5. The quantitative estimate of drug-likeness (QED) is 0.835. The number of hydrogen-bond donors (Lipinski definition) is 2. The van der Waals surface area contributed by atoms with Gasteiger partial charge in [0.2, 0.25) is 0 Å². The Bertz CT molecular complexity index is 371. The van der Waals surface area contributed by atoms with E-state index in [-0.39, 0.29) is 24.4 Å². The molecule has 1 unspecified atom stereocenters. The first-order valence-electron chi connectivity index (χ1n) is 7.63. The summed E-state index contributed by atoms with van der Waals surface area (Å²) in [7, 11) is 0. The second-order valence-electron chi connectivity index (χ2n) is 7.09. The number of carbonyl (C=O) groups excluding carboxylic acids is 1. The Labute approximate surface area is 120 Å². The largest absolute Gasteiger partial charge is 0.481 e. The van der Waals surface area contributed by atoms with Crippen LogP contribution in [0.1, 0.15) is 52.4 Å². The van der Waals surface area contributed by atoms with E-state index in [1.165, 1.54) is 0 Å². The lowest BCUT2D eigenvalue weighted by atomic mass is 9.76. The van der Waals surface area contributed by atoms with Gasteiger partial charge in [-0.1, -0.05) is 13.8 Å². The average molecular weight is 282 g/mol. The van der Waals surface area contributed by atoms with Gasteiger partial charge in [-0.3, -0.25) is 4.79 Å². The molecule has 0 aromatic heterocycles. The summed E-state index contributed by atoms with van der Waals surface area (Å²) >= 11 is 0. The van der Waals surface area contributed by atoms with Crippen LogP contribution in [0.3, 0.4) is 0 Å². The Kier molecular flexibility index (Phi) is 4.55. The number of nitrogens with one attached hydrogen (secondary N) is 1. The molecule has 0 spiro atoms. The lowest BCUT2D eigenvalue weighted by Gasteiger charge is -2.35. The Hall–Kier alpha value is -1.26. The molecule has 20 heavy (non-hydrogen) atoms. The highest BCUT2D eigenvalue weighted by atomic mass is 16.4. The molecule has 1 saturated carbocycles. The molecule has 0 radical (unpaired) electrons. The van der Waals surface area contributed by atoms with Crippen molar-refractivity contribution < 1.29 is 14.7 Å². The molecule has 2 rings (SSSR count). The molecule has 5 heteroatoms. The van der Waals surface area contributed by atoms with Crippen molar-refractivity contribution in [2.75, 3.05) is 13.1 Å². The zero-order valence-corrected chi connectivity index (χ0v) is 12.5. The van der Waals surface area contributed by atoms with Crippen LogP contribution in [0.5, 0.6) is 0 Å². The molecular weight excluding hydrogens is 256 g/mol. The first-order valence-corrected chi connectivity index (χ1v) is 7.63. The number of hydrogen-bond acceptors (Lipinski definition) is 2. The summed E-state index contributed by atoms with van der Waals surface area (Å²) < 4.78 is 0. The summed E-state index contributed by atoms with van der Waals surface area (Å²) in [6.45, 7) is 5.82. The molecule has 114 valence electrons. The van der Waals surface area contributed by atoms with Gasteiger partial charge < -0.3 is 15.3 Å². The van der Waals surface area contributed by atoms with Crippen molar-refractivity contribution in [1.82, 2.24) is 10.2 Å². The second-order valence-corrected chi connectivity index (χ2v) is 7.09. The van der Waals surface area contributed by atoms with Gasteiger partial charge in [-0.05, 0) is 43.4 Å². The number of urea groups is 1. The predicted octanol–water partition coefficient (Wildman–Crippen LogP) is 2.46. The van der Waals surface area contributed by atoms with E-state index in [2.05, 4.69) is 19.2 Å². The molecule has 1 aliphatic carbocycles. The van der Waals surface area contributed by atoms with E-state index in [4.69, 9.17) is 5.11 Å². The average Bonchev–Trinajstić information content (AvgIpc) is 2.79. The minimum Gasteiger partial charge on any atom is -0.481 e. The van der Waals surface area contributed by atoms with Crippen LogP contribution < -0.4 is 5.32 Å². The Morgan fingerprint density at radius 3 is 2.50 bits per heavy atom. The van der Waals surface area contributed by atoms with E-state index in [0.717, 1.165) is 32.1 Å². The van der Waals surface area contributed by atoms with Crippen LogP contribution in [0.4, 0.5) is 4.79 Å². The number of carboxylic acids is 1. The standard InChI is InChI=1S/C15H26N2O3/c1-15(2)6-3-12(4-7-15)16-14(20)17-8-5-11(10-17)9-13(18)19/h11-12H,3-10H2,1-2H3,(H,16,20)(H,18,19). The summed E-state index contributed by atoms with van der Waals surface area (Å²) in [4.78, 5) is 24.6. The third-order valence-corrected chi connectivity index (χ3v) is 4.70. The first-order chi connectivity index (χ1) is 9.35. The molecule has 2 amide bonds. The number of carboxylic acid groups (broad SMARTS) is 1. The van der Waals surface area contributed by atoms with Gasteiger partial charge >= 0.3 is 12.0 Å². The number of nitrogens with zero attached hydrogens (tertiary/aromatic N) is 1. The third kappa shape index (κ3) is 4.12. The van der Waals surface area contributed by atoms with E-state index in [1.54, 1.807) is 4.90 Å². The molecule has 1 saturated heterocycles. The maximum Gasteiger partial charge on any atom is 0.317 e. The van der Waals surface area contributed by atoms with Gasteiger partial charge in [-0.2, -0.15) is 0 Å². The van der Waals surface area contributed by atoms with E-state index < -0.39 is 5.97 Å². The van der Waals surface area contributed by atoms with Crippen molar-refractivity contribution in [3.05, 3.63) is 0 Å². The third-order valence-electron chi connectivity index (χ3n) is 4.70. The van der Waals surface area contributed by atoms with E-state index in [0.29, 0.717) is 18.5 Å². The van der Waals surface area contributed by atoms with Crippen LogP contribution in [0.15, 0.2) is 0 Å². The topological polar surface area (TPSA) is 69.6 Å². The van der Waals surface area contributed by atoms with Crippen LogP contribution in [0.2, 0.25) is 0 Å². The fourth-order valence-corrected chi connectivity index (χ4v) is 3.24. The van der Waals surface area contributed by atoms with Crippen LogP contribution in [0.25, 0.3) is 0 Å². The zero-order chi connectivity index (χ0) is 14.8. The number of likely N-dealkylation sites (tertiary alicyclic amines) is 1. The number of carbonyl (C=O) groups is 2. The number of aliphatic carboxylic acids is 1. The highest BCUT2D eigenvalue weighted by Crippen LogP contribution is 2.35. The van der Waals surface area contributed by atoms with Crippen LogP contribution in [0, 0.1) is 11.3 Å². The molecule has 5 nitrogen and oxygen atoms in total. The number of amides is 2. The lowest BCUT2D eigenvalue weighted by Crippen LogP contribution is -2.45.